The summed E-state index contributed by atoms with van der Waals surface area (Å²) in [4.78, 5) is 0. The molecule has 0 spiro atoms. The molecular formula is C12H17F2NS. The van der Waals surface area contributed by atoms with Crippen LogP contribution in [0.1, 0.15) is 24.9 Å². The smallest absolute Gasteiger partial charge is 0.130 e. The molecule has 1 N–H and O–H groups in total. The van der Waals surface area contributed by atoms with Gasteiger partial charge in [-0.1, -0.05) is 13.0 Å². The summed E-state index contributed by atoms with van der Waals surface area (Å²) >= 11 is 1.64. The zero-order valence-corrected chi connectivity index (χ0v) is 10.4. The third kappa shape index (κ3) is 3.76. The van der Waals surface area contributed by atoms with Crippen LogP contribution in [0.2, 0.25) is 0 Å². The zero-order chi connectivity index (χ0) is 12.0. The van der Waals surface area contributed by atoms with Crippen LogP contribution in [0.5, 0.6) is 0 Å². The van der Waals surface area contributed by atoms with Gasteiger partial charge in [-0.15, -0.1) is 0 Å². The Bertz CT molecular complexity index is 331. The first-order valence-corrected chi connectivity index (χ1v) is 6.75. The Morgan fingerprint density at radius 2 is 2.12 bits per heavy atom. The summed E-state index contributed by atoms with van der Waals surface area (Å²) in [6.07, 6.45) is 2.97. The molecule has 1 aromatic rings. The SMILES string of the molecule is CCCNC(CSC)c1ccc(F)cc1F. The minimum absolute atomic E-state index is 0.0458. The van der Waals surface area contributed by atoms with Gasteiger partial charge in [-0.05, 0) is 25.3 Å². The van der Waals surface area contributed by atoms with Crippen molar-refractivity contribution in [3.8, 4) is 0 Å². The molecular weight excluding hydrogens is 228 g/mol. The quantitative estimate of drug-likeness (QED) is 0.824. The topological polar surface area (TPSA) is 12.0 Å². The molecule has 0 radical (unpaired) electrons. The van der Waals surface area contributed by atoms with Crippen LogP contribution in [0.15, 0.2) is 18.2 Å². The predicted molar refractivity (Wildman–Crippen MR) is 65.8 cm³/mol. The minimum atomic E-state index is -0.528. The molecule has 1 atom stereocenters. The lowest BCUT2D eigenvalue weighted by atomic mass is 10.1. The Morgan fingerprint density at radius 1 is 1.38 bits per heavy atom. The lowest BCUT2D eigenvalue weighted by molar-refractivity contribution is 0.521. The van der Waals surface area contributed by atoms with Gasteiger partial charge in [-0.3, -0.25) is 0 Å². The molecule has 4 heteroatoms. The number of benzene rings is 1. The number of halogens is 2. The Morgan fingerprint density at radius 3 is 2.69 bits per heavy atom. The molecule has 0 heterocycles. The zero-order valence-electron chi connectivity index (χ0n) is 9.59. The van der Waals surface area contributed by atoms with Crippen molar-refractivity contribution in [2.75, 3.05) is 18.6 Å². The maximum absolute atomic E-state index is 13.6. The summed E-state index contributed by atoms with van der Waals surface area (Å²) < 4.78 is 26.3. The maximum Gasteiger partial charge on any atom is 0.130 e. The average Bonchev–Trinajstić information content (AvgIpc) is 2.25. The second-order valence-electron chi connectivity index (χ2n) is 3.63. The molecule has 0 amide bonds. The second-order valence-corrected chi connectivity index (χ2v) is 4.54. The molecule has 1 aromatic carbocycles. The number of hydrogen-bond donors (Lipinski definition) is 1. The molecule has 0 aliphatic carbocycles. The lowest BCUT2D eigenvalue weighted by Crippen LogP contribution is -2.25. The Kier molecular flexibility index (Phi) is 5.77. The van der Waals surface area contributed by atoms with Gasteiger partial charge in [-0.2, -0.15) is 11.8 Å². The van der Waals surface area contributed by atoms with E-state index in [0.29, 0.717) is 5.56 Å². The summed E-state index contributed by atoms with van der Waals surface area (Å²) in [5.74, 6) is -0.218. The first-order valence-electron chi connectivity index (χ1n) is 5.36. The summed E-state index contributed by atoms with van der Waals surface area (Å²) in [6.45, 7) is 2.90. The van der Waals surface area contributed by atoms with E-state index < -0.39 is 11.6 Å². The first kappa shape index (κ1) is 13.5. The Hall–Kier alpha value is -0.610. The number of hydrogen-bond acceptors (Lipinski definition) is 2. The van der Waals surface area contributed by atoms with Crippen LogP contribution in [0.4, 0.5) is 8.78 Å². The molecule has 0 bridgehead atoms. The molecule has 1 unspecified atom stereocenters. The van der Waals surface area contributed by atoms with E-state index in [2.05, 4.69) is 12.2 Å². The first-order chi connectivity index (χ1) is 7.69. The van der Waals surface area contributed by atoms with Gasteiger partial charge in [0.15, 0.2) is 0 Å². The van der Waals surface area contributed by atoms with Crippen LogP contribution in [0.25, 0.3) is 0 Å². The van der Waals surface area contributed by atoms with Crippen molar-refractivity contribution in [2.45, 2.75) is 19.4 Å². The Balaban J connectivity index is 2.82. The highest BCUT2D eigenvalue weighted by Gasteiger charge is 2.14. The molecule has 0 saturated heterocycles. The van der Waals surface area contributed by atoms with Crippen molar-refractivity contribution < 1.29 is 8.78 Å². The van der Waals surface area contributed by atoms with E-state index in [1.807, 2.05) is 6.26 Å². The molecule has 0 saturated carbocycles. The van der Waals surface area contributed by atoms with Crippen molar-refractivity contribution in [1.82, 2.24) is 5.32 Å². The summed E-state index contributed by atoms with van der Waals surface area (Å²) in [5.41, 5.74) is 0.546. The average molecular weight is 245 g/mol. The van der Waals surface area contributed by atoms with E-state index in [1.54, 1.807) is 11.8 Å². The van der Waals surface area contributed by atoms with Gasteiger partial charge in [0, 0.05) is 23.4 Å². The van der Waals surface area contributed by atoms with Crippen LogP contribution in [-0.2, 0) is 0 Å². The van der Waals surface area contributed by atoms with Gasteiger partial charge < -0.3 is 5.32 Å². The highest BCUT2D eigenvalue weighted by Crippen LogP contribution is 2.21. The van der Waals surface area contributed by atoms with Crippen LogP contribution in [0, 0.1) is 11.6 Å². The molecule has 0 aromatic heterocycles. The standard InChI is InChI=1S/C12H17F2NS/c1-3-6-15-12(8-16-2)10-5-4-9(13)7-11(10)14/h4-5,7,12,15H,3,6,8H2,1-2H3. The van der Waals surface area contributed by atoms with Crippen molar-refractivity contribution in [2.24, 2.45) is 0 Å². The molecule has 0 aliphatic rings. The molecule has 1 rings (SSSR count). The van der Waals surface area contributed by atoms with Gasteiger partial charge in [0.2, 0.25) is 0 Å². The predicted octanol–water partition coefficient (Wildman–Crippen LogP) is 3.37. The second kappa shape index (κ2) is 6.86. The van der Waals surface area contributed by atoms with Crippen molar-refractivity contribution in [3.63, 3.8) is 0 Å². The minimum Gasteiger partial charge on any atom is -0.309 e. The van der Waals surface area contributed by atoms with Gasteiger partial charge in [0.25, 0.3) is 0 Å². The van der Waals surface area contributed by atoms with Crippen LogP contribution in [0.3, 0.4) is 0 Å². The fourth-order valence-electron chi connectivity index (χ4n) is 1.53. The third-order valence-corrected chi connectivity index (χ3v) is 2.98. The van der Waals surface area contributed by atoms with E-state index in [1.165, 1.54) is 12.1 Å². The van der Waals surface area contributed by atoms with Crippen LogP contribution < -0.4 is 5.32 Å². The van der Waals surface area contributed by atoms with Gasteiger partial charge >= 0.3 is 0 Å². The van der Waals surface area contributed by atoms with E-state index in [0.717, 1.165) is 24.8 Å². The van der Waals surface area contributed by atoms with E-state index >= 15 is 0 Å². The van der Waals surface area contributed by atoms with E-state index in [9.17, 15) is 8.78 Å². The normalized spacial score (nSPS) is 12.8. The number of rotatable bonds is 6. The molecule has 1 nitrogen and oxygen atoms in total. The van der Waals surface area contributed by atoms with Gasteiger partial charge in [0.1, 0.15) is 11.6 Å². The van der Waals surface area contributed by atoms with Crippen molar-refractivity contribution in [1.29, 1.82) is 0 Å². The van der Waals surface area contributed by atoms with E-state index in [4.69, 9.17) is 0 Å². The summed E-state index contributed by atoms with van der Waals surface area (Å²) in [7, 11) is 0. The van der Waals surface area contributed by atoms with Crippen molar-refractivity contribution >= 4 is 11.8 Å². The van der Waals surface area contributed by atoms with Gasteiger partial charge in [-0.25, -0.2) is 8.78 Å². The fourth-order valence-corrected chi connectivity index (χ4v) is 2.16. The summed E-state index contributed by atoms with van der Waals surface area (Å²) in [5, 5.41) is 3.26. The van der Waals surface area contributed by atoms with E-state index in [-0.39, 0.29) is 6.04 Å². The fraction of sp³-hybridized carbons (Fsp3) is 0.500. The molecule has 90 valence electrons. The third-order valence-electron chi connectivity index (χ3n) is 2.31. The Labute approximate surface area is 99.6 Å². The van der Waals surface area contributed by atoms with Crippen molar-refractivity contribution in [3.05, 3.63) is 35.4 Å². The largest absolute Gasteiger partial charge is 0.309 e. The van der Waals surface area contributed by atoms with Gasteiger partial charge in [0.05, 0.1) is 0 Å². The molecule has 0 aliphatic heterocycles. The maximum atomic E-state index is 13.6. The number of nitrogens with one attached hydrogen (secondary N) is 1. The highest BCUT2D eigenvalue weighted by atomic mass is 32.2. The molecule has 16 heavy (non-hydrogen) atoms. The monoisotopic (exact) mass is 245 g/mol. The lowest BCUT2D eigenvalue weighted by Gasteiger charge is -2.18. The molecule has 0 fully saturated rings. The number of thioether (sulfide) groups is 1. The summed E-state index contributed by atoms with van der Waals surface area (Å²) in [6, 6.07) is 3.72. The highest BCUT2D eigenvalue weighted by molar-refractivity contribution is 7.98. The van der Waals surface area contributed by atoms with Crippen LogP contribution in [-0.4, -0.2) is 18.6 Å². The van der Waals surface area contributed by atoms with Crippen LogP contribution >= 0.6 is 11.8 Å².